The Kier molecular flexibility index (Phi) is 5.54. The third-order valence-corrected chi connectivity index (χ3v) is 3.97. The van der Waals surface area contributed by atoms with Crippen molar-refractivity contribution in [2.24, 2.45) is 0 Å². The molecule has 3 aromatic rings. The van der Waals surface area contributed by atoms with Crippen LogP contribution in [0.25, 0.3) is 11.3 Å². The average molecular weight is 362 g/mol. The minimum absolute atomic E-state index is 0. The molecule has 0 fully saturated rings. The van der Waals surface area contributed by atoms with Gasteiger partial charge in [-0.2, -0.15) is 0 Å². The first kappa shape index (κ1) is 17.9. The van der Waals surface area contributed by atoms with Gasteiger partial charge in [0.15, 0.2) is 0 Å². The van der Waals surface area contributed by atoms with Crippen LogP contribution >= 0.6 is 24.0 Å². The van der Waals surface area contributed by atoms with Crippen molar-refractivity contribution < 1.29 is 4.79 Å². The van der Waals surface area contributed by atoms with E-state index in [4.69, 9.17) is 17.3 Å². The molecular weight excluding hydrogens is 345 g/mol. The Morgan fingerprint density at radius 2 is 1.71 bits per heavy atom. The number of hydrogen-bond acceptors (Lipinski definition) is 2. The normalized spacial score (nSPS) is 10.1. The molecule has 1 aromatic heterocycles. The van der Waals surface area contributed by atoms with E-state index in [9.17, 15) is 4.79 Å². The van der Waals surface area contributed by atoms with E-state index in [0.717, 1.165) is 11.3 Å². The van der Waals surface area contributed by atoms with E-state index in [-0.39, 0.29) is 18.3 Å². The number of para-hydroxylation sites is 1. The minimum atomic E-state index is -0.286. The van der Waals surface area contributed by atoms with Crippen LogP contribution in [0.2, 0.25) is 5.02 Å². The average Bonchev–Trinajstić information content (AvgIpc) is 2.85. The number of amides is 1. The summed E-state index contributed by atoms with van der Waals surface area (Å²) in [6.45, 7) is 1.82. The maximum Gasteiger partial charge on any atom is 0.259 e. The summed E-state index contributed by atoms with van der Waals surface area (Å²) in [4.78, 5) is 15.8. The van der Waals surface area contributed by atoms with E-state index in [0.29, 0.717) is 27.7 Å². The first-order valence-electron chi connectivity index (χ1n) is 7.17. The first-order valence-corrected chi connectivity index (χ1v) is 7.55. The number of nitrogen functional groups attached to an aromatic ring is 1. The Bertz CT molecular complexity index is 860. The Morgan fingerprint density at radius 3 is 2.38 bits per heavy atom. The van der Waals surface area contributed by atoms with E-state index in [1.54, 1.807) is 18.2 Å². The van der Waals surface area contributed by atoms with E-state index in [1.165, 1.54) is 0 Å². The molecule has 0 atom stereocenters. The molecule has 0 aliphatic carbocycles. The highest BCUT2D eigenvalue weighted by Crippen LogP contribution is 2.31. The lowest BCUT2D eigenvalue weighted by atomic mass is 10.1. The zero-order valence-corrected chi connectivity index (χ0v) is 14.5. The number of rotatable bonds is 3. The fourth-order valence-corrected chi connectivity index (χ4v) is 2.70. The van der Waals surface area contributed by atoms with Crippen LogP contribution in [0.3, 0.4) is 0 Å². The van der Waals surface area contributed by atoms with Crippen LogP contribution < -0.4 is 11.1 Å². The van der Waals surface area contributed by atoms with Crippen molar-refractivity contribution in [3.8, 4) is 11.3 Å². The molecule has 0 aliphatic rings. The fraction of sp³-hybridized carbons (Fsp3) is 0.0556. The van der Waals surface area contributed by atoms with Crippen LogP contribution in [0.1, 0.15) is 16.1 Å². The molecule has 124 valence electrons. The lowest BCUT2D eigenvalue weighted by Gasteiger charge is -2.07. The number of anilines is 2. The molecule has 0 bridgehead atoms. The number of nitrogens with one attached hydrogen (secondary N) is 2. The summed E-state index contributed by atoms with van der Waals surface area (Å²) < 4.78 is 0. The number of aryl methyl sites for hydroxylation is 1. The summed E-state index contributed by atoms with van der Waals surface area (Å²) in [6.07, 6.45) is 0. The molecule has 0 unspecified atom stereocenters. The quantitative estimate of drug-likeness (QED) is 0.620. The monoisotopic (exact) mass is 361 g/mol. The third kappa shape index (κ3) is 3.40. The summed E-state index contributed by atoms with van der Waals surface area (Å²) in [5.41, 5.74) is 10.0. The van der Waals surface area contributed by atoms with E-state index in [1.807, 2.05) is 43.3 Å². The smallest absolute Gasteiger partial charge is 0.259 e. The number of halogens is 2. The van der Waals surface area contributed by atoms with Crippen LogP contribution in [-0.2, 0) is 0 Å². The summed E-state index contributed by atoms with van der Waals surface area (Å²) >= 11 is 6.08. The maximum absolute atomic E-state index is 12.6. The van der Waals surface area contributed by atoms with Gasteiger partial charge in [-0.1, -0.05) is 54.1 Å². The van der Waals surface area contributed by atoms with E-state index >= 15 is 0 Å². The molecule has 0 aliphatic heterocycles. The van der Waals surface area contributed by atoms with Crippen LogP contribution in [0, 0.1) is 6.92 Å². The molecule has 0 saturated heterocycles. The van der Waals surface area contributed by atoms with Gasteiger partial charge < -0.3 is 16.0 Å². The topological polar surface area (TPSA) is 70.9 Å². The van der Waals surface area contributed by atoms with Crippen molar-refractivity contribution in [1.29, 1.82) is 0 Å². The molecule has 24 heavy (non-hydrogen) atoms. The summed E-state index contributed by atoms with van der Waals surface area (Å²) in [5, 5.41) is 3.28. The Labute approximate surface area is 151 Å². The van der Waals surface area contributed by atoms with Crippen molar-refractivity contribution in [2.75, 3.05) is 11.1 Å². The van der Waals surface area contributed by atoms with Gasteiger partial charge in [-0.15, -0.1) is 12.4 Å². The Morgan fingerprint density at radius 1 is 1.08 bits per heavy atom. The standard InChI is InChI=1S/C18H16ClN3O.ClH/c1-11-15(18(23)22-14-10-6-5-9-13(14)19)16(20)17(21-11)12-7-3-2-4-8-12;/h2-10,21H,20H2,1H3,(H,22,23);1H. The van der Waals surface area contributed by atoms with Gasteiger partial charge in [0.05, 0.1) is 27.7 Å². The lowest BCUT2D eigenvalue weighted by molar-refractivity contribution is 0.102. The van der Waals surface area contributed by atoms with Gasteiger partial charge in [-0.25, -0.2) is 0 Å². The number of carbonyl (C=O) groups is 1. The van der Waals surface area contributed by atoms with Crippen molar-refractivity contribution in [1.82, 2.24) is 4.98 Å². The highest BCUT2D eigenvalue weighted by molar-refractivity contribution is 6.34. The summed E-state index contributed by atoms with van der Waals surface area (Å²) in [7, 11) is 0. The van der Waals surface area contributed by atoms with Gasteiger partial charge in [0.1, 0.15) is 0 Å². The molecule has 0 saturated carbocycles. The number of hydrogen-bond donors (Lipinski definition) is 3. The van der Waals surface area contributed by atoms with Gasteiger partial charge in [-0.3, -0.25) is 4.79 Å². The summed E-state index contributed by atoms with van der Waals surface area (Å²) in [5.74, 6) is -0.286. The van der Waals surface area contributed by atoms with Gasteiger partial charge in [0, 0.05) is 11.3 Å². The Hall–Kier alpha value is -2.43. The highest BCUT2D eigenvalue weighted by Gasteiger charge is 2.20. The van der Waals surface area contributed by atoms with Crippen LogP contribution in [0.5, 0.6) is 0 Å². The second-order valence-electron chi connectivity index (χ2n) is 5.21. The Balaban J connectivity index is 0.00000208. The van der Waals surface area contributed by atoms with E-state index in [2.05, 4.69) is 10.3 Å². The maximum atomic E-state index is 12.6. The molecule has 6 heteroatoms. The fourth-order valence-electron chi connectivity index (χ4n) is 2.52. The highest BCUT2D eigenvalue weighted by atomic mass is 35.5. The first-order chi connectivity index (χ1) is 11.1. The number of H-pyrrole nitrogens is 1. The molecule has 3 rings (SSSR count). The molecule has 4 N–H and O–H groups in total. The van der Waals surface area contributed by atoms with Gasteiger partial charge in [0.25, 0.3) is 5.91 Å². The van der Waals surface area contributed by atoms with Crippen molar-refractivity contribution in [2.45, 2.75) is 6.92 Å². The van der Waals surface area contributed by atoms with E-state index < -0.39 is 0 Å². The largest absolute Gasteiger partial charge is 0.396 e. The molecule has 2 aromatic carbocycles. The molecular formula is C18H17Cl2N3O. The number of aromatic amines is 1. The molecule has 1 heterocycles. The predicted molar refractivity (Wildman–Crippen MR) is 102 cm³/mol. The summed E-state index contributed by atoms with van der Waals surface area (Å²) in [6, 6.07) is 16.8. The van der Waals surface area contributed by atoms with Gasteiger partial charge >= 0.3 is 0 Å². The number of benzene rings is 2. The molecule has 1 amide bonds. The SMILES string of the molecule is Cc1[nH]c(-c2ccccc2)c(N)c1C(=O)Nc1ccccc1Cl.Cl. The molecule has 0 spiro atoms. The number of nitrogens with two attached hydrogens (primary N) is 1. The molecule has 0 radical (unpaired) electrons. The second kappa shape index (κ2) is 7.43. The van der Waals surface area contributed by atoms with Crippen LogP contribution in [0.4, 0.5) is 11.4 Å². The third-order valence-electron chi connectivity index (χ3n) is 3.64. The number of carbonyl (C=O) groups excluding carboxylic acids is 1. The zero-order valence-electron chi connectivity index (χ0n) is 13.0. The second-order valence-corrected chi connectivity index (χ2v) is 5.62. The van der Waals surface area contributed by atoms with Gasteiger partial charge in [0.2, 0.25) is 0 Å². The van der Waals surface area contributed by atoms with Crippen molar-refractivity contribution in [3.63, 3.8) is 0 Å². The van der Waals surface area contributed by atoms with Crippen molar-refractivity contribution in [3.05, 3.63) is 70.9 Å². The van der Waals surface area contributed by atoms with Crippen molar-refractivity contribution >= 4 is 41.3 Å². The van der Waals surface area contributed by atoms with Crippen LogP contribution in [-0.4, -0.2) is 10.9 Å². The van der Waals surface area contributed by atoms with Gasteiger partial charge in [-0.05, 0) is 19.1 Å². The molecule has 4 nitrogen and oxygen atoms in total. The predicted octanol–water partition coefficient (Wildman–Crippen LogP) is 4.90. The zero-order chi connectivity index (χ0) is 16.4. The minimum Gasteiger partial charge on any atom is -0.396 e. The van der Waals surface area contributed by atoms with Crippen LogP contribution in [0.15, 0.2) is 54.6 Å². The number of aromatic nitrogens is 1. The lowest BCUT2D eigenvalue weighted by Crippen LogP contribution is -2.14.